The SMILES string of the molecule is C=C[C@@H]1C[C@]1(NC(=O)[C@@H]1C[C@@H](Oc2cc(OCC)nc3c(Cl)c(OC)ccc23)CN1C(=O)[C@@H](NC(=O)OC(C)(C)C)C(C)(C)C)C(=O)NS(=O)(=O)OC1(CCC)CC1. The maximum Gasteiger partial charge on any atom is 0.408 e. The molecule has 0 spiro atoms. The van der Waals surface area contributed by atoms with Gasteiger partial charge in [-0.25, -0.2) is 18.7 Å². The van der Waals surface area contributed by atoms with Crippen LogP contribution in [0, 0.1) is 11.3 Å². The van der Waals surface area contributed by atoms with Crippen molar-refractivity contribution in [1.29, 1.82) is 0 Å². The lowest BCUT2D eigenvalue weighted by molar-refractivity contribution is -0.143. The van der Waals surface area contributed by atoms with Crippen LogP contribution in [0.25, 0.3) is 10.9 Å². The summed E-state index contributed by atoms with van der Waals surface area (Å²) in [7, 11) is -3.06. The molecule has 58 heavy (non-hydrogen) atoms. The Kier molecular flexibility index (Phi) is 12.9. The van der Waals surface area contributed by atoms with Crippen molar-refractivity contribution >= 4 is 56.6 Å². The fourth-order valence-corrected chi connectivity index (χ4v) is 8.67. The third-order valence-corrected chi connectivity index (χ3v) is 11.7. The standard InChI is InChI=1S/C40H56ClN5O11S/c1-11-16-39(17-18-39)57-58(51,52)45-35(49)40(21-23(40)12-2)44-33(47)26-19-24(22-46(26)34(48)32(37(4,5)6)43-36(50)56-38(7,8)9)55-28-20-29(54-13-3)42-31-25(28)14-15-27(53-10)30(31)41/h12,14-15,20,23-24,26,32H,2,11,13,16-19,21-22H2,1,3-10H3,(H,43,50)(H,44,47)(H,45,49)/t23-,24-,26+,32-,40-/m1/s1. The Balaban J connectivity index is 1.48. The lowest BCUT2D eigenvalue weighted by Gasteiger charge is -2.36. The molecule has 2 heterocycles. The lowest BCUT2D eigenvalue weighted by atomic mass is 9.85. The maximum atomic E-state index is 14.7. The molecule has 5 rings (SSSR count). The summed E-state index contributed by atoms with van der Waals surface area (Å²) in [6.07, 6.45) is 2.11. The number of fused-ring (bicyclic) bond motifs is 1. The molecule has 3 fully saturated rings. The van der Waals surface area contributed by atoms with Gasteiger partial charge >= 0.3 is 16.4 Å². The summed E-state index contributed by atoms with van der Waals surface area (Å²) in [4.78, 5) is 61.8. The van der Waals surface area contributed by atoms with Gasteiger partial charge in [-0.3, -0.25) is 14.4 Å². The van der Waals surface area contributed by atoms with Gasteiger partial charge in [-0.1, -0.05) is 51.8 Å². The van der Waals surface area contributed by atoms with Gasteiger partial charge in [0.2, 0.25) is 17.7 Å². The van der Waals surface area contributed by atoms with Gasteiger partial charge in [0.15, 0.2) is 0 Å². The summed E-state index contributed by atoms with van der Waals surface area (Å²) in [5.74, 6) is -2.05. The van der Waals surface area contributed by atoms with Gasteiger partial charge < -0.3 is 34.5 Å². The molecule has 16 nitrogen and oxygen atoms in total. The van der Waals surface area contributed by atoms with Gasteiger partial charge in [-0.15, -0.1) is 6.58 Å². The van der Waals surface area contributed by atoms with Crippen LogP contribution in [0.4, 0.5) is 4.79 Å². The number of ether oxygens (including phenoxy) is 4. The number of rotatable bonds is 16. The van der Waals surface area contributed by atoms with E-state index in [1.807, 2.05) is 11.6 Å². The van der Waals surface area contributed by atoms with Crippen LogP contribution in [-0.4, -0.2) is 97.3 Å². The number of halogens is 1. The van der Waals surface area contributed by atoms with E-state index in [2.05, 4.69) is 22.2 Å². The summed E-state index contributed by atoms with van der Waals surface area (Å²) < 4.78 is 56.7. The van der Waals surface area contributed by atoms with E-state index < -0.39 is 80.4 Å². The largest absolute Gasteiger partial charge is 0.495 e. The summed E-state index contributed by atoms with van der Waals surface area (Å²) in [6, 6.07) is 2.55. The van der Waals surface area contributed by atoms with Crippen LogP contribution in [0.1, 0.15) is 93.9 Å². The van der Waals surface area contributed by atoms with E-state index in [0.717, 1.165) is 0 Å². The van der Waals surface area contributed by atoms with Crippen molar-refractivity contribution in [1.82, 2.24) is 25.2 Å². The van der Waals surface area contributed by atoms with E-state index in [1.54, 1.807) is 66.7 Å². The van der Waals surface area contributed by atoms with Crippen molar-refractivity contribution in [2.75, 3.05) is 20.3 Å². The number of carbonyl (C=O) groups excluding carboxylic acids is 4. The zero-order chi connectivity index (χ0) is 43.0. The van der Waals surface area contributed by atoms with Crippen LogP contribution >= 0.6 is 11.6 Å². The quantitative estimate of drug-likeness (QED) is 0.183. The summed E-state index contributed by atoms with van der Waals surface area (Å²) >= 11 is 6.66. The molecule has 5 atom stereocenters. The van der Waals surface area contributed by atoms with Crippen LogP contribution < -0.4 is 29.6 Å². The second kappa shape index (κ2) is 16.7. The van der Waals surface area contributed by atoms with Crippen molar-refractivity contribution in [2.24, 2.45) is 11.3 Å². The second-order valence-electron chi connectivity index (χ2n) is 17.2. The lowest BCUT2D eigenvalue weighted by Crippen LogP contribution is -2.60. The number of amides is 4. The molecule has 3 N–H and O–H groups in total. The zero-order valence-electron chi connectivity index (χ0n) is 34.7. The van der Waals surface area contributed by atoms with E-state index in [9.17, 15) is 27.6 Å². The molecule has 4 amide bonds. The average Bonchev–Trinajstić information content (AvgIpc) is 3.99. The highest BCUT2D eigenvalue weighted by atomic mass is 35.5. The Bertz CT molecular complexity index is 2050. The number of nitrogens with zero attached hydrogens (tertiary/aromatic N) is 2. The normalized spacial score (nSPS) is 23.0. The first-order chi connectivity index (χ1) is 27.0. The minimum absolute atomic E-state index is 0.0581. The number of pyridine rings is 1. The van der Waals surface area contributed by atoms with Gasteiger partial charge in [0, 0.05) is 23.8 Å². The smallest absolute Gasteiger partial charge is 0.408 e. The number of likely N-dealkylation sites (tertiary alicyclic amines) is 1. The Labute approximate surface area is 345 Å². The molecule has 1 aliphatic heterocycles. The summed E-state index contributed by atoms with van der Waals surface area (Å²) in [5, 5.41) is 6.20. The molecule has 2 aliphatic carbocycles. The van der Waals surface area contributed by atoms with Crippen molar-refractivity contribution in [3.63, 3.8) is 0 Å². The van der Waals surface area contributed by atoms with Gasteiger partial charge in [0.1, 0.15) is 51.4 Å². The second-order valence-corrected chi connectivity index (χ2v) is 18.9. The zero-order valence-corrected chi connectivity index (χ0v) is 36.2. The van der Waals surface area contributed by atoms with Crippen LogP contribution in [0.2, 0.25) is 5.02 Å². The van der Waals surface area contributed by atoms with Crippen molar-refractivity contribution in [3.8, 4) is 17.4 Å². The molecule has 2 saturated carbocycles. The third kappa shape index (κ3) is 10.1. The van der Waals surface area contributed by atoms with Crippen LogP contribution in [-0.2, 0) is 33.6 Å². The predicted octanol–water partition coefficient (Wildman–Crippen LogP) is 5.35. The summed E-state index contributed by atoms with van der Waals surface area (Å²) in [5.41, 5.74) is -3.93. The number of alkyl carbamates (subject to hydrolysis) is 1. The molecular weight excluding hydrogens is 794 g/mol. The van der Waals surface area contributed by atoms with Gasteiger partial charge in [0.25, 0.3) is 5.91 Å². The third-order valence-electron chi connectivity index (χ3n) is 10.3. The molecule has 0 unspecified atom stereocenters. The number of aromatic nitrogens is 1. The molecular formula is C40H56ClN5O11S. The van der Waals surface area contributed by atoms with Gasteiger partial charge in [-0.05, 0) is 70.9 Å². The van der Waals surface area contributed by atoms with Crippen LogP contribution in [0.15, 0.2) is 30.9 Å². The fourth-order valence-electron chi connectivity index (χ4n) is 7.22. The summed E-state index contributed by atoms with van der Waals surface area (Å²) in [6.45, 7) is 18.0. The molecule has 320 valence electrons. The van der Waals surface area contributed by atoms with Crippen molar-refractivity contribution in [2.45, 2.75) is 129 Å². The number of hydrogen-bond acceptors (Lipinski definition) is 12. The Morgan fingerprint density at radius 3 is 2.34 bits per heavy atom. The first-order valence-corrected chi connectivity index (χ1v) is 21.3. The first kappa shape index (κ1) is 44.7. The van der Waals surface area contributed by atoms with Gasteiger partial charge in [-0.2, -0.15) is 8.42 Å². The molecule has 1 saturated heterocycles. The van der Waals surface area contributed by atoms with E-state index >= 15 is 0 Å². The highest BCUT2D eigenvalue weighted by Gasteiger charge is 2.62. The molecule has 2 aromatic rings. The average molecular weight is 850 g/mol. The highest BCUT2D eigenvalue weighted by molar-refractivity contribution is 7.85. The topological polar surface area (TPSA) is 201 Å². The van der Waals surface area contributed by atoms with Crippen LogP contribution in [0.5, 0.6) is 17.4 Å². The first-order valence-electron chi connectivity index (χ1n) is 19.5. The monoisotopic (exact) mass is 849 g/mol. The number of hydrogen-bond donors (Lipinski definition) is 3. The van der Waals surface area contributed by atoms with E-state index in [0.29, 0.717) is 54.7 Å². The van der Waals surface area contributed by atoms with E-state index in [-0.39, 0.29) is 30.3 Å². The van der Waals surface area contributed by atoms with Gasteiger partial charge in [0.05, 0.1) is 25.9 Å². The predicted molar refractivity (Wildman–Crippen MR) is 216 cm³/mol. The number of methoxy groups -OCH3 is 1. The van der Waals surface area contributed by atoms with Crippen molar-refractivity contribution < 1.29 is 50.7 Å². The Hall–Kier alpha value is -4.35. The van der Waals surface area contributed by atoms with E-state index in [1.165, 1.54) is 18.1 Å². The Morgan fingerprint density at radius 1 is 1.10 bits per heavy atom. The minimum Gasteiger partial charge on any atom is -0.495 e. The molecule has 18 heteroatoms. The number of carbonyl (C=O) groups is 4. The molecule has 0 bridgehead atoms. The highest BCUT2D eigenvalue weighted by Crippen LogP contribution is 2.47. The Morgan fingerprint density at radius 2 is 1.79 bits per heavy atom. The fraction of sp³-hybridized carbons (Fsp3) is 0.625. The molecule has 3 aliphatic rings. The molecule has 0 radical (unpaired) electrons. The molecule has 1 aromatic heterocycles. The van der Waals surface area contributed by atoms with E-state index in [4.69, 9.17) is 34.7 Å². The van der Waals surface area contributed by atoms with Crippen LogP contribution in [0.3, 0.4) is 0 Å². The number of benzene rings is 1. The molecule has 1 aromatic carbocycles. The number of nitrogens with one attached hydrogen (secondary N) is 3. The maximum absolute atomic E-state index is 14.7. The van der Waals surface area contributed by atoms with Crippen molar-refractivity contribution in [3.05, 3.63) is 35.9 Å². The minimum atomic E-state index is -4.54.